The molecule has 0 saturated carbocycles. The van der Waals surface area contributed by atoms with E-state index in [9.17, 15) is 14.7 Å². The molecule has 31 heavy (non-hydrogen) atoms. The molecule has 1 unspecified atom stereocenters. The zero-order valence-electron chi connectivity index (χ0n) is 17.0. The van der Waals surface area contributed by atoms with Gasteiger partial charge in [0.2, 0.25) is 5.43 Å². The van der Waals surface area contributed by atoms with Gasteiger partial charge in [0.1, 0.15) is 11.4 Å². The van der Waals surface area contributed by atoms with Crippen LogP contribution in [0.15, 0.2) is 51.1 Å². The van der Waals surface area contributed by atoms with E-state index in [1.807, 2.05) is 24.3 Å². The minimum absolute atomic E-state index is 0.0791. The topological polar surface area (TPSA) is 74.6 Å². The first-order valence-electron chi connectivity index (χ1n) is 10.3. The van der Waals surface area contributed by atoms with Crippen LogP contribution in [0.4, 0.5) is 10.1 Å². The molecule has 0 bridgehead atoms. The molecule has 3 heterocycles. The number of nitrogens with zero attached hydrogens (tertiary/aromatic N) is 2. The third-order valence-electron chi connectivity index (χ3n) is 6.21. The number of carboxylic acids is 1. The van der Waals surface area contributed by atoms with Crippen LogP contribution in [0.1, 0.15) is 29.6 Å². The Morgan fingerprint density at radius 3 is 2.90 bits per heavy atom. The summed E-state index contributed by atoms with van der Waals surface area (Å²) in [6.45, 7) is 1.70. The Bertz CT molecular complexity index is 1270. The number of aromatic carboxylic acids is 1. The van der Waals surface area contributed by atoms with E-state index in [0.717, 1.165) is 30.0 Å². The second kappa shape index (κ2) is 7.69. The lowest BCUT2D eigenvalue weighted by atomic mass is 10.1. The van der Waals surface area contributed by atoms with Crippen molar-refractivity contribution in [3.05, 3.63) is 58.1 Å². The maximum Gasteiger partial charge on any atom is 0.341 e. The number of carboxylic acid groups (broad SMARTS) is 1. The van der Waals surface area contributed by atoms with Crippen LogP contribution in [-0.2, 0) is 0 Å². The standard InChI is InChI=1S/C23H22FN3O3S/c1-26-10-4-5-13(26)8-9-25-19-16(24)11-14-20-22(19)31-18-7-3-2-6-17(18)27(20)12-15(21(14)28)23(29)30/h2-3,6-7,11-13,25H,4-5,8-10H2,1H3,(H,29,30). The molecule has 5 rings (SSSR count). The van der Waals surface area contributed by atoms with Crippen molar-refractivity contribution < 1.29 is 14.3 Å². The quantitative estimate of drug-likeness (QED) is 0.486. The predicted octanol–water partition coefficient (Wildman–Crippen LogP) is 4.19. The normalized spacial score (nSPS) is 17.7. The smallest absolute Gasteiger partial charge is 0.341 e. The lowest BCUT2D eigenvalue weighted by Gasteiger charge is -2.26. The van der Waals surface area contributed by atoms with E-state index in [2.05, 4.69) is 17.3 Å². The number of pyridine rings is 1. The predicted molar refractivity (Wildman–Crippen MR) is 119 cm³/mol. The summed E-state index contributed by atoms with van der Waals surface area (Å²) in [6.07, 6.45) is 4.58. The minimum Gasteiger partial charge on any atom is -0.477 e. The van der Waals surface area contributed by atoms with Crippen molar-refractivity contribution in [2.75, 3.05) is 25.5 Å². The number of halogens is 1. The Morgan fingerprint density at radius 1 is 1.35 bits per heavy atom. The third-order valence-corrected chi connectivity index (χ3v) is 7.38. The summed E-state index contributed by atoms with van der Waals surface area (Å²) in [5, 5.41) is 12.9. The van der Waals surface area contributed by atoms with Crippen LogP contribution in [0.5, 0.6) is 0 Å². The summed E-state index contributed by atoms with van der Waals surface area (Å²) in [5.74, 6) is -1.86. The molecule has 2 N–H and O–H groups in total. The van der Waals surface area contributed by atoms with Crippen LogP contribution >= 0.6 is 11.8 Å². The summed E-state index contributed by atoms with van der Waals surface area (Å²) in [6, 6.07) is 9.18. The van der Waals surface area contributed by atoms with Crippen LogP contribution in [-0.4, -0.2) is 46.7 Å². The highest BCUT2D eigenvalue weighted by Gasteiger charge is 2.27. The van der Waals surface area contributed by atoms with Gasteiger partial charge in [-0.15, -0.1) is 0 Å². The number of likely N-dealkylation sites (tertiary alicyclic amines) is 1. The van der Waals surface area contributed by atoms with E-state index in [-0.39, 0.29) is 10.9 Å². The molecule has 1 saturated heterocycles. The Balaban J connectivity index is 1.64. The average molecular weight is 440 g/mol. The SMILES string of the molecule is CN1CCCC1CCNc1c(F)cc2c(=O)c(C(=O)O)cn3c2c1Sc1ccccc1-3. The number of fused-ring (bicyclic) bond motifs is 2. The number of nitrogens with one attached hydrogen (secondary N) is 1. The summed E-state index contributed by atoms with van der Waals surface area (Å²) in [5.41, 5.74) is 0.643. The highest BCUT2D eigenvalue weighted by Crippen LogP contribution is 2.46. The molecule has 0 spiro atoms. The maximum absolute atomic E-state index is 15.2. The molecule has 160 valence electrons. The molecule has 0 radical (unpaired) electrons. The van der Waals surface area contributed by atoms with E-state index >= 15 is 4.39 Å². The second-order valence-corrected chi connectivity index (χ2v) is 9.12. The Kier molecular flexibility index (Phi) is 4.98. The molecular weight excluding hydrogens is 417 g/mol. The van der Waals surface area contributed by atoms with Gasteiger partial charge in [-0.1, -0.05) is 23.9 Å². The molecule has 1 aromatic heterocycles. The van der Waals surface area contributed by atoms with Crippen LogP contribution in [0, 0.1) is 5.82 Å². The number of hydrogen-bond acceptors (Lipinski definition) is 5. The summed E-state index contributed by atoms with van der Waals surface area (Å²) >= 11 is 1.40. The number of hydrogen-bond donors (Lipinski definition) is 2. The van der Waals surface area contributed by atoms with E-state index in [1.54, 1.807) is 4.57 Å². The van der Waals surface area contributed by atoms with Gasteiger partial charge >= 0.3 is 5.97 Å². The van der Waals surface area contributed by atoms with Gasteiger partial charge in [0.25, 0.3) is 0 Å². The highest BCUT2D eigenvalue weighted by molar-refractivity contribution is 8.00. The number of rotatable bonds is 5. The molecule has 2 aromatic carbocycles. The molecule has 3 aromatic rings. The monoisotopic (exact) mass is 439 g/mol. The number of carbonyl (C=O) groups is 1. The van der Waals surface area contributed by atoms with Crippen LogP contribution in [0.2, 0.25) is 0 Å². The Labute approximate surface area is 182 Å². The first kappa shape index (κ1) is 20.1. The van der Waals surface area contributed by atoms with Crippen LogP contribution < -0.4 is 10.7 Å². The van der Waals surface area contributed by atoms with Gasteiger partial charge in [0, 0.05) is 23.7 Å². The molecule has 1 fully saturated rings. The summed E-state index contributed by atoms with van der Waals surface area (Å²) < 4.78 is 16.9. The zero-order chi connectivity index (χ0) is 21.7. The number of benzene rings is 2. The first-order chi connectivity index (χ1) is 15.0. The largest absolute Gasteiger partial charge is 0.477 e. The van der Waals surface area contributed by atoms with E-state index in [1.165, 1.54) is 30.4 Å². The van der Waals surface area contributed by atoms with Crippen LogP contribution in [0.25, 0.3) is 16.6 Å². The molecule has 2 aliphatic heterocycles. The van der Waals surface area contributed by atoms with Crippen molar-refractivity contribution >= 4 is 34.3 Å². The van der Waals surface area contributed by atoms with Crippen molar-refractivity contribution in [3.63, 3.8) is 0 Å². The van der Waals surface area contributed by atoms with E-state index in [4.69, 9.17) is 0 Å². The second-order valence-electron chi connectivity index (χ2n) is 8.07. The molecule has 1 atom stereocenters. The maximum atomic E-state index is 15.2. The van der Waals surface area contributed by atoms with Crippen molar-refractivity contribution in [2.45, 2.75) is 35.1 Å². The van der Waals surface area contributed by atoms with Gasteiger partial charge in [0.15, 0.2) is 0 Å². The fraction of sp³-hybridized carbons (Fsp3) is 0.304. The molecule has 2 aliphatic rings. The summed E-state index contributed by atoms with van der Waals surface area (Å²) in [7, 11) is 2.11. The van der Waals surface area contributed by atoms with Crippen LogP contribution in [0.3, 0.4) is 0 Å². The van der Waals surface area contributed by atoms with Crippen molar-refractivity contribution in [2.24, 2.45) is 0 Å². The van der Waals surface area contributed by atoms with E-state index in [0.29, 0.717) is 28.7 Å². The number of aromatic nitrogens is 1. The summed E-state index contributed by atoms with van der Waals surface area (Å²) in [4.78, 5) is 28.3. The lowest BCUT2D eigenvalue weighted by Crippen LogP contribution is -2.27. The van der Waals surface area contributed by atoms with Gasteiger partial charge < -0.3 is 19.9 Å². The van der Waals surface area contributed by atoms with Gasteiger partial charge in [-0.2, -0.15) is 0 Å². The Hall–Kier alpha value is -2.84. The molecule has 8 heteroatoms. The van der Waals surface area contributed by atoms with Crippen molar-refractivity contribution in [1.29, 1.82) is 0 Å². The van der Waals surface area contributed by atoms with Gasteiger partial charge in [-0.25, -0.2) is 9.18 Å². The third kappa shape index (κ3) is 3.30. The fourth-order valence-corrected chi connectivity index (χ4v) is 5.81. The Morgan fingerprint density at radius 2 is 2.16 bits per heavy atom. The zero-order valence-corrected chi connectivity index (χ0v) is 17.8. The minimum atomic E-state index is -1.32. The van der Waals surface area contributed by atoms with Gasteiger partial charge in [-0.05, 0) is 51.1 Å². The van der Waals surface area contributed by atoms with Crippen molar-refractivity contribution in [1.82, 2.24) is 9.47 Å². The molecular formula is C23H22FN3O3S. The average Bonchev–Trinajstić information content (AvgIpc) is 3.16. The van der Waals surface area contributed by atoms with Gasteiger partial charge in [-0.3, -0.25) is 4.79 Å². The molecule has 0 amide bonds. The van der Waals surface area contributed by atoms with Gasteiger partial charge in [0.05, 0.1) is 27.2 Å². The molecule has 0 aliphatic carbocycles. The fourth-order valence-electron chi connectivity index (χ4n) is 4.59. The van der Waals surface area contributed by atoms with E-state index < -0.39 is 17.2 Å². The lowest BCUT2D eigenvalue weighted by molar-refractivity contribution is 0.0695. The molecule has 6 nitrogen and oxygen atoms in total. The van der Waals surface area contributed by atoms with Crippen molar-refractivity contribution in [3.8, 4) is 5.69 Å². The number of para-hydroxylation sites is 1. The highest BCUT2D eigenvalue weighted by atomic mass is 32.2. The first-order valence-corrected chi connectivity index (χ1v) is 11.1. The number of anilines is 1.